The Hall–Kier alpha value is -2.05. The van der Waals surface area contributed by atoms with Crippen molar-refractivity contribution in [3.63, 3.8) is 0 Å². The van der Waals surface area contributed by atoms with Crippen LogP contribution in [0.5, 0.6) is 0 Å². The summed E-state index contributed by atoms with van der Waals surface area (Å²) in [6.07, 6.45) is -2.84. The average Bonchev–Trinajstić information content (AvgIpc) is 2.53. The van der Waals surface area contributed by atoms with Crippen molar-refractivity contribution < 1.29 is 27.5 Å². The summed E-state index contributed by atoms with van der Waals surface area (Å²) < 4.78 is 42.6. The first-order valence-electron chi connectivity index (χ1n) is 7.94. The zero-order chi connectivity index (χ0) is 17.7. The lowest BCUT2D eigenvalue weighted by molar-refractivity contribution is -0.186. The fraction of sp³-hybridized carbons (Fsp3) is 0.529. The van der Waals surface area contributed by atoms with Crippen molar-refractivity contribution in [3.8, 4) is 0 Å². The maximum absolute atomic E-state index is 12.6. The van der Waals surface area contributed by atoms with E-state index in [0.29, 0.717) is 32.3 Å². The lowest BCUT2D eigenvalue weighted by Gasteiger charge is -2.30. The number of hydrogen-bond acceptors (Lipinski definition) is 3. The lowest BCUT2D eigenvalue weighted by atomic mass is 9.92. The van der Waals surface area contributed by atoms with E-state index in [9.17, 15) is 22.8 Å². The largest absolute Gasteiger partial charge is 0.471 e. The third-order valence-electron chi connectivity index (χ3n) is 4.03. The standard InChI is InChI=1S/C17H20F3NO3/c1-2-24-15(22)8-4-6-12-5-3-7-13-11-21(10-9-14(12)13)16(23)17(18,19)20/h3,5,7H,2,4,6,8-11H2,1H3. The number of nitrogens with zero attached hydrogens (tertiary/aromatic N) is 1. The Balaban J connectivity index is 2.02. The van der Waals surface area contributed by atoms with E-state index in [2.05, 4.69) is 0 Å². The van der Waals surface area contributed by atoms with Gasteiger partial charge in [0.1, 0.15) is 0 Å². The van der Waals surface area contributed by atoms with E-state index in [1.807, 2.05) is 6.07 Å². The summed E-state index contributed by atoms with van der Waals surface area (Å²) in [5.74, 6) is -2.04. The van der Waals surface area contributed by atoms with Crippen molar-refractivity contribution in [2.24, 2.45) is 0 Å². The fourth-order valence-corrected chi connectivity index (χ4v) is 2.93. The highest BCUT2D eigenvalue weighted by Gasteiger charge is 2.43. The normalized spacial score (nSPS) is 14.2. The molecule has 4 nitrogen and oxygen atoms in total. The molecule has 0 aromatic heterocycles. The van der Waals surface area contributed by atoms with Gasteiger partial charge in [0.25, 0.3) is 0 Å². The Morgan fingerprint density at radius 2 is 2.04 bits per heavy atom. The first-order chi connectivity index (χ1) is 11.3. The Morgan fingerprint density at radius 1 is 1.29 bits per heavy atom. The van der Waals surface area contributed by atoms with Crippen LogP contribution in [0, 0.1) is 0 Å². The molecule has 2 rings (SSSR count). The van der Waals surface area contributed by atoms with Gasteiger partial charge >= 0.3 is 18.1 Å². The van der Waals surface area contributed by atoms with Gasteiger partial charge in [-0.05, 0) is 42.9 Å². The van der Waals surface area contributed by atoms with Crippen LogP contribution in [0.25, 0.3) is 0 Å². The number of amides is 1. The molecule has 1 aromatic carbocycles. The predicted octanol–water partition coefficient (Wildman–Crippen LogP) is 3.02. The van der Waals surface area contributed by atoms with E-state index >= 15 is 0 Å². The zero-order valence-corrected chi connectivity index (χ0v) is 13.5. The second kappa shape index (κ2) is 7.68. The smallest absolute Gasteiger partial charge is 0.466 e. The van der Waals surface area contributed by atoms with Gasteiger partial charge in [-0.1, -0.05) is 18.2 Å². The van der Waals surface area contributed by atoms with Crippen LogP contribution in [0.2, 0.25) is 0 Å². The maximum Gasteiger partial charge on any atom is 0.471 e. The summed E-state index contributed by atoms with van der Waals surface area (Å²) in [7, 11) is 0. The third kappa shape index (κ3) is 4.49. The predicted molar refractivity (Wildman–Crippen MR) is 81.2 cm³/mol. The number of alkyl halides is 3. The number of fused-ring (bicyclic) bond motifs is 1. The third-order valence-corrected chi connectivity index (χ3v) is 4.03. The number of rotatable bonds is 5. The van der Waals surface area contributed by atoms with Crippen LogP contribution < -0.4 is 0 Å². The van der Waals surface area contributed by atoms with Crippen molar-refractivity contribution in [2.75, 3.05) is 13.2 Å². The van der Waals surface area contributed by atoms with Gasteiger partial charge in [-0.3, -0.25) is 9.59 Å². The Labute approximate surface area is 138 Å². The molecule has 1 heterocycles. The number of benzene rings is 1. The van der Waals surface area contributed by atoms with E-state index in [-0.39, 0.29) is 19.1 Å². The molecule has 0 fully saturated rings. The summed E-state index contributed by atoms with van der Waals surface area (Å²) in [4.78, 5) is 23.6. The Morgan fingerprint density at radius 3 is 2.71 bits per heavy atom. The van der Waals surface area contributed by atoms with E-state index in [4.69, 9.17) is 4.74 Å². The van der Waals surface area contributed by atoms with Crippen LogP contribution in [0.4, 0.5) is 13.2 Å². The molecule has 0 saturated carbocycles. The molecule has 0 atom stereocenters. The van der Waals surface area contributed by atoms with Crippen LogP contribution >= 0.6 is 0 Å². The van der Waals surface area contributed by atoms with Crippen LogP contribution in [-0.2, 0) is 33.7 Å². The number of halogens is 3. The molecule has 0 spiro atoms. The van der Waals surface area contributed by atoms with Gasteiger partial charge in [0.2, 0.25) is 0 Å². The van der Waals surface area contributed by atoms with Gasteiger partial charge in [0, 0.05) is 19.5 Å². The van der Waals surface area contributed by atoms with Gasteiger partial charge in [-0.2, -0.15) is 13.2 Å². The van der Waals surface area contributed by atoms with Gasteiger partial charge in [0.15, 0.2) is 0 Å². The number of ether oxygens (including phenoxy) is 1. The summed E-state index contributed by atoms with van der Waals surface area (Å²) in [6, 6.07) is 5.45. The SMILES string of the molecule is CCOC(=O)CCCc1cccc2c1CCN(C(=O)C(F)(F)F)C2. The molecule has 132 valence electrons. The van der Waals surface area contributed by atoms with Gasteiger partial charge in [-0.15, -0.1) is 0 Å². The molecule has 24 heavy (non-hydrogen) atoms. The summed E-state index contributed by atoms with van der Waals surface area (Å²) in [5.41, 5.74) is 2.76. The first kappa shape index (κ1) is 18.3. The quantitative estimate of drug-likeness (QED) is 0.772. The molecule has 0 aliphatic carbocycles. The topological polar surface area (TPSA) is 46.6 Å². The summed E-state index contributed by atoms with van der Waals surface area (Å²) >= 11 is 0. The molecule has 0 radical (unpaired) electrons. The van der Waals surface area contributed by atoms with E-state index in [1.54, 1.807) is 19.1 Å². The lowest BCUT2D eigenvalue weighted by Crippen LogP contribution is -2.43. The molecule has 0 saturated heterocycles. The highest BCUT2D eigenvalue weighted by Crippen LogP contribution is 2.27. The van der Waals surface area contributed by atoms with E-state index in [1.165, 1.54) is 0 Å². The second-order valence-electron chi connectivity index (χ2n) is 5.69. The van der Waals surface area contributed by atoms with Crippen LogP contribution in [0.1, 0.15) is 36.5 Å². The van der Waals surface area contributed by atoms with Crippen molar-refractivity contribution in [1.29, 1.82) is 0 Å². The number of esters is 1. The molecular weight excluding hydrogens is 323 g/mol. The number of aryl methyl sites for hydroxylation is 1. The van der Waals surface area contributed by atoms with Crippen molar-refractivity contribution in [2.45, 2.75) is 45.3 Å². The minimum atomic E-state index is -4.84. The average molecular weight is 343 g/mol. The highest BCUT2D eigenvalue weighted by molar-refractivity contribution is 5.82. The van der Waals surface area contributed by atoms with Gasteiger partial charge in [0.05, 0.1) is 6.61 Å². The first-order valence-corrected chi connectivity index (χ1v) is 7.94. The maximum atomic E-state index is 12.6. The molecule has 1 aliphatic heterocycles. The van der Waals surface area contributed by atoms with Crippen molar-refractivity contribution >= 4 is 11.9 Å². The molecule has 0 unspecified atom stereocenters. The number of carbonyl (C=O) groups is 2. The summed E-state index contributed by atoms with van der Waals surface area (Å²) in [5, 5.41) is 0. The Bertz CT molecular complexity index is 614. The number of carbonyl (C=O) groups excluding carboxylic acids is 2. The molecule has 0 bridgehead atoms. The van der Waals surface area contributed by atoms with Crippen LogP contribution in [-0.4, -0.2) is 36.1 Å². The highest BCUT2D eigenvalue weighted by atomic mass is 19.4. The van der Waals surface area contributed by atoms with Crippen molar-refractivity contribution in [3.05, 3.63) is 34.9 Å². The van der Waals surface area contributed by atoms with E-state index in [0.717, 1.165) is 21.6 Å². The minimum Gasteiger partial charge on any atom is -0.466 e. The summed E-state index contributed by atoms with van der Waals surface area (Å²) in [6.45, 7) is 2.13. The van der Waals surface area contributed by atoms with E-state index < -0.39 is 12.1 Å². The van der Waals surface area contributed by atoms with Crippen LogP contribution in [0.15, 0.2) is 18.2 Å². The molecular formula is C17H20F3NO3. The van der Waals surface area contributed by atoms with Gasteiger partial charge in [-0.25, -0.2) is 0 Å². The molecule has 1 amide bonds. The Kier molecular flexibility index (Phi) is 5.85. The fourth-order valence-electron chi connectivity index (χ4n) is 2.93. The minimum absolute atomic E-state index is 0.0284. The zero-order valence-electron chi connectivity index (χ0n) is 13.5. The van der Waals surface area contributed by atoms with Crippen LogP contribution in [0.3, 0.4) is 0 Å². The number of hydrogen-bond donors (Lipinski definition) is 0. The second-order valence-corrected chi connectivity index (χ2v) is 5.69. The van der Waals surface area contributed by atoms with Crippen molar-refractivity contribution in [1.82, 2.24) is 4.90 Å². The molecule has 1 aliphatic rings. The monoisotopic (exact) mass is 343 g/mol. The molecule has 7 heteroatoms. The molecule has 1 aromatic rings. The molecule has 0 N–H and O–H groups in total. The van der Waals surface area contributed by atoms with Gasteiger partial charge < -0.3 is 9.64 Å².